The van der Waals surface area contributed by atoms with E-state index in [4.69, 9.17) is 5.10 Å². The Balaban J connectivity index is 1.55. The van der Waals surface area contributed by atoms with Gasteiger partial charge in [-0.1, -0.05) is 0 Å². The molecule has 4 heterocycles. The van der Waals surface area contributed by atoms with Crippen molar-refractivity contribution in [3.8, 4) is 0 Å². The maximum Gasteiger partial charge on any atom is 0.254 e. The van der Waals surface area contributed by atoms with Gasteiger partial charge in [0.2, 0.25) is 0 Å². The van der Waals surface area contributed by atoms with Crippen LogP contribution in [-0.4, -0.2) is 45.4 Å². The number of aryl methyl sites for hydroxylation is 3. The molecule has 0 bridgehead atoms. The summed E-state index contributed by atoms with van der Waals surface area (Å²) in [4.78, 5) is 8.53. The van der Waals surface area contributed by atoms with Crippen molar-refractivity contribution in [3.05, 3.63) is 40.4 Å². The third kappa shape index (κ3) is 2.93. The van der Waals surface area contributed by atoms with Gasteiger partial charge in [0.25, 0.3) is 10.0 Å². The van der Waals surface area contributed by atoms with Crippen LogP contribution in [0.3, 0.4) is 0 Å². The van der Waals surface area contributed by atoms with Crippen LogP contribution in [0.1, 0.15) is 40.7 Å². The average molecular weight is 392 g/mol. The van der Waals surface area contributed by atoms with E-state index in [1.54, 1.807) is 21.9 Å². The van der Waals surface area contributed by atoms with Crippen molar-refractivity contribution in [1.29, 1.82) is 0 Å². The Hall–Kier alpha value is -1.84. The molecule has 9 heteroatoms. The minimum Gasteiger partial charge on any atom is -0.245 e. The fourth-order valence-electron chi connectivity index (χ4n) is 3.60. The highest BCUT2D eigenvalue weighted by atomic mass is 32.2. The number of thiazole rings is 1. The second-order valence-electron chi connectivity index (χ2n) is 6.73. The molecule has 26 heavy (non-hydrogen) atoms. The fourth-order valence-corrected chi connectivity index (χ4v) is 6.69. The van der Waals surface area contributed by atoms with Crippen LogP contribution < -0.4 is 0 Å². The average Bonchev–Trinajstić information content (AvgIpc) is 3.19. The van der Waals surface area contributed by atoms with Crippen LogP contribution in [0.4, 0.5) is 0 Å². The number of sulfonamides is 1. The van der Waals surface area contributed by atoms with E-state index in [0.29, 0.717) is 23.0 Å². The van der Waals surface area contributed by atoms with E-state index in [1.165, 1.54) is 11.3 Å². The Morgan fingerprint density at radius 2 is 1.92 bits per heavy atom. The lowest BCUT2D eigenvalue weighted by Gasteiger charge is -2.31. The maximum absolute atomic E-state index is 12.9. The second kappa shape index (κ2) is 6.40. The lowest BCUT2D eigenvalue weighted by atomic mass is 9.92. The Morgan fingerprint density at radius 1 is 1.19 bits per heavy atom. The van der Waals surface area contributed by atoms with Crippen molar-refractivity contribution >= 4 is 27.0 Å². The van der Waals surface area contributed by atoms with Gasteiger partial charge in [-0.3, -0.25) is 0 Å². The summed E-state index contributed by atoms with van der Waals surface area (Å²) in [5.41, 5.74) is 3.58. The van der Waals surface area contributed by atoms with Gasteiger partial charge in [-0.15, -0.1) is 11.3 Å². The molecular formula is C17H21N5O2S2. The Bertz CT molecular complexity index is 1060. The third-order valence-corrected chi connectivity index (χ3v) is 8.45. The molecule has 1 aliphatic heterocycles. The van der Waals surface area contributed by atoms with Crippen LogP contribution in [0, 0.1) is 20.8 Å². The molecule has 0 unspecified atom stereocenters. The number of rotatable bonds is 3. The molecule has 0 saturated carbocycles. The number of hydrogen-bond acceptors (Lipinski definition) is 6. The van der Waals surface area contributed by atoms with Crippen LogP contribution in [0.15, 0.2) is 22.7 Å². The lowest BCUT2D eigenvalue weighted by Crippen LogP contribution is -2.38. The molecular weight excluding hydrogens is 370 g/mol. The van der Waals surface area contributed by atoms with E-state index in [2.05, 4.69) is 9.97 Å². The van der Waals surface area contributed by atoms with Gasteiger partial charge < -0.3 is 0 Å². The first-order chi connectivity index (χ1) is 12.4. The second-order valence-corrected chi connectivity index (χ2v) is 10.1. The smallest absolute Gasteiger partial charge is 0.245 e. The lowest BCUT2D eigenvalue weighted by molar-refractivity contribution is 0.315. The number of aromatic nitrogens is 4. The highest BCUT2D eigenvalue weighted by molar-refractivity contribution is 7.91. The summed E-state index contributed by atoms with van der Waals surface area (Å²) < 4.78 is 29.6. The van der Waals surface area contributed by atoms with E-state index in [1.807, 2.05) is 26.1 Å². The maximum atomic E-state index is 12.9. The summed E-state index contributed by atoms with van der Waals surface area (Å²) in [5.74, 6) is 0.262. The molecule has 1 saturated heterocycles. The summed E-state index contributed by atoms with van der Waals surface area (Å²) >= 11 is 1.25. The summed E-state index contributed by atoms with van der Waals surface area (Å²) in [5, 5.41) is 5.48. The zero-order chi connectivity index (χ0) is 18.5. The Labute approximate surface area is 156 Å². The van der Waals surface area contributed by atoms with Gasteiger partial charge in [-0.2, -0.15) is 9.40 Å². The molecule has 0 radical (unpaired) electrons. The van der Waals surface area contributed by atoms with Crippen molar-refractivity contribution in [3.63, 3.8) is 0 Å². The molecule has 0 aliphatic carbocycles. The molecule has 3 aromatic rings. The number of hydrogen-bond donors (Lipinski definition) is 0. The first kappa shape index (κ1) is 17.6. The van der Waals surface area contributed by atoms with Crippen molar-refractivity contribution in [1.82, 2.24) is 23.9 Å². The third-order valence-electron chi connectivity index (χ3n) is 4.89. The van der Waals surface area contributed by atoms with Gasteiger partial charge >= 0.3 is 0 Å². The van der Waals surface area contributed by atoms with Crippen molar-refractivity contribution in [2.75, 3.05) is 13.1 Å². The molecule has 1 fully saturated rings. The molecule has 0 N–H and O–H groups in total. The molecule has 0 aromatic carbocycles. The van der Waals surface area contributed by atoms with Crippen LogP contribution >= 0.6 is 11.3 Å². The van der Waals surface area contributed by atoms with E-state index in [9.17, 15) is 8.42 Å². The molecule has 138 valence electrons. The predicted octanol–water partition coefficient (Wildman–Crippen LogP) is 2.68. The van der Waals surface area contributed by atoms with Crippen molar-refractivity contribution in [2.24, 2.45) is 0 Å². The first-order valence-corrected chi connectivity index (χ1v) is 10.9. The molecule has 0 spiro atoms. The van der Waals surface area contributed by atoms with Crippen LogP contribution in [0.5, 0.6) is 0 Å². The topological polar surface area (TPSA) is 80.5 Å². The molecule has 7 nitrogen and oxygen atoms in total. The zero-order valence-corrected chi connectivity index (χ0v) is 16.6. The number of imidazole rings is 1. The van der Waals surface area contributed by atoms with Crippen molar-refractivity contribution in [2.45, 2.75) is 43.7 Å². The van der Waals surface area contributed by atoms with E-state index in [-0.39, 0.29) is 5.92 Å². The summed E-state index contributed by atoms with van der Waals surface area (Å²) in [7, 11) is -3.46. The highest BCUT2D eigenvalue weighted by Crippen LogP contribution is 2.33. The molecule has 0 atom stereocenters. The highest BCUT2D eigenvalue weighted by Gasteiger charge is 2.33. The standard InChI is InChI=1S/C17H21N5O2S2/c1-11-10-15-18-6-9-22(15)20-16(11)14-4-7-21(8-5-14)26(23,24)17-12(2)19-13(3)25-17/h6,9-10,14H,4-5,7-8H2,1-3H3. The SMILES string of the molecule is Cc1nc(C)c(S(=O)(=O)N2CCC(c3nn4ccnc4cc3C)CC2)s1. The zero-order valence-electron chi connectivity index (χ0n) is 15.0. The van der Waals surface area contributed by atoms with Crippen LogP contribution in [0.2, 0.25) is 0 Å². The number of fused-ring (bicyclic) bond motifs is 1. The Morgan fingerprint density at radius 3 is 2.58 bits per heavy atom. The van der Waals surface area contributed by atoms with E-state index in [0.717, 1.165) is 34.8 Å². The Kier molecular flexibility index (Phi) is 4.32. The number of nitrogens with zero attached hydrogens (tertiary/aromatic N) is 5. The minimum absolute atomic E-state index is 0.262. The normalized spacial score (nSPS) is 17.2. The first-order valence-electron chi connectivity index (χ1n) is 8.61. The molecule has 4 rings (SSSR count). The molecule has 0 amide bonds. The quantitative estimate of drug-likeness (QED) is 0.686. The van der Waals surface area contributed by atoms with Gasteiger partial charge in [0.15, 0.2) is 9.86 Å². The monoisotopic (exact) mass is 391 g/mol. The van der Waals surface area contributed by atoms with Crippen molar-refractivity contribution < 1.29 is 8.42 Å². The molecule has 1 aliphatic rings. The summed E-state index contributed by atoms with van der Waals surface area (Å²) in [6.45, 7) is 6.66. The summed E-state index contributed by atoms with van der Waals surface area (Å²) in [6.07, 6.45) is 5.11. The summed E-state index contributed by atoms with van der Waals surface area (Å²) in [6, 6.07) is 2.04. The van der Waals surface area contributed by atoms with Gasteiger partial charge in [0.05, 0.1) is 16.4 Å². The predicted molar refractivity (Wildman–Crippen MR) is 100 cm³/mol. The van der Waals surface area contributed by atoms with Gasteiger partial charge in [-0.05, 0) is 45.2 Å². The van der Waals surface area contributed by atoms with E-state index >= 15 is 0 Å². The van der Waals surface area contributed by atoms with Gasteiger partial charge in [-0.25, -0.2) is 22.9 Å². The van der Waals surface area contributed by atoms with Gasteiger partial charge in [0.1, 0.15) is 0 Å². The fraction of sp³-hybridized carbons (Fsp3) is 0.471. The van der Waals surface area contributed by atoms with E-state index < -0.39 is 10.0 Å². The number of piperidine rings is 1. The minimum atomic E-state index is -3.46. The molecule has 3 aromatic heterocycles. The largest absolute Gasteiger partial charge is 0.254 e. The van der Waals surface area contributed by atoms with Crippen LogP contribution in [-0.2, 0) is 10.0 Å². The van der Waals surface area contributed by atoms with Gasteiger partial charge in [0, 0.05) is 31.4 Å². The van der Waals surface area contributed by atoms with Crippen LogP contribution in [0.25, 0.3) is 5.65 Å².